The number of hydrogen-bond acceptors (Lipinski definition) is 3. The maximum Gasteiger partial charge on any atom is 0.219 e. The minimum atomic E-state index is 0.608. The molecule has 0 saturated carbocycles. The molecule has 3 nitrogen and oxygen atoms in total. The zero-order chi connectivity index (χ0) is 13.8. The van der Waals surface area contributed by atoms with E-state index in [4.69, 9.17) is 4.42 Å². The third-order valence-corrected chi connectivity index (χ3v) is 2.86. The van der Waals surface area contributed by atoms with Crippen molar-refractivity contribution in [2.75, 3.05) is 0 Å². The lowest BCUT2D eigenvalue weighted by Gasteiger charge is -1.87. The highest BCUT2D eigenvalue weighted by Crippen LogP contribution is 2.17. The molecule has 0 amide bonds. The van der Waals surface area contributed by atoms with Crippen LogP contribution in [0.5, 0.6) is 0 Å². The summed E-state index contributed by atoms with van der Waals surface area (Å²) in [5.41, 5.74) is 3.80. The van der Waals surface area contributed by atoms with E-state index in [9.17, 15) is 0 Å². The van der Waals surface area contributed by atoms with Crippen LogP contribution in [-0.4, -0.2) is 9.97 Å². The second-order valence-electron chi connectivity index (χ2n) is 4.50. The van der Waals surface area contributed by atoms with Crippen LogP contribution in [0, 0.1) is 6.92 Å². The molecule has 20 heavy (non-hydrogen) atoms. The number of nitrogens with zero attached hydrogens (tertiary/aromatic N) is 2. The van der Waals surface area contributed by atoms with Gasteiger partial charge in [-0.05, 0) is 42.8 Å². The summed E-state index contributed by atoms with van der Waals surface area (Å²) in [6, 6.07) is 11.8. The molecule has 0 saturated heterocycles. The van der Waals surface area contributed by atoms with Gasteiger partial charge >= 0.3 is 0 Å². The first kappa shape index (κ1) is 12.4. The molecule has 0 N–H and O–H groups in total. The molecule has 0 aliphatic heterocycles. The summed E-state index contributed by atoms with van der Waals surface area (Å²) in [4.78, 5) is 8.62. The van der Waals surface area contributed by atoms with E-state index >= 15 is 0 Å². The van der Waals surface area contributed by atoms with E-state index in [1.165, 1.54) is 5.56 Å². The molecule has 0 radical (unpaired) electrons. The van der Waals surface area contributed by atoms with Crippen molar-refractivity contribution in [1.29, 1.82) is 0 Å². The van der Waals surface area contributed by atoms with Gasteiger partial charge < -0.3 is 4.42 Å². The van der Waals surface area contributed by atoms with Gasteiger partial charge in [-0.1, -0.05) is 24.3 Å². The fourth-order valence-corrected chi connectivity index (χ4v) is 1.89. The first-order valence-corrected chi connectivity index (χ1v) is 6.44. The predicted molar refractivity (Wildman–Crippen MR) is 81.1 cm³/mol. The number of hydrogen-bond donors (Lipinski definition) is 0. The van der Waals surface area contributed by atoms with Gasteiger partial charge in [0.1, 0.15) is 5.52 Å². The van der Waals surface area contributed by atoms with E-state index in [0.29, 0.717) is 5.89 Å². The van der Waals surface area contributed by atoms with Gasteiger partial charge in [0.25, 0.3) is 0 Å². The van der Waals surface area contributed by atoms with Gasteiger partial charge in [-0.2, -0.15) is 0 Å². The second kappa shape index (κ2) is 5.53. The number of benzene rings is 1. The third kappa shape index (κ3) is 2.83. The van der Waals surface area contributed by atoms with Gasteiger partial charge in [0.15, 0.2) is 5.58 Å². The maximum absolute atomic E-state index is 5.63. The van der Waals surface area contributed by atoms with E-state index < -0.39 is 0 Å². The van der Waals surface area contributed by atoms with E-state index in [2.05, 4.69) is 9.97 Å². The Morgan fingerprint density at radius 3 is 2.80 bits per heavy atom. The number of rotatable bonds is 3. The molecule has 2 heterocycles. The minimum absolute atomic E-state index is 0.608. The summed E-state index contributed by atoms with van der Waals surface area (Å²) < 4.78 is 5.63. The summed E-state index contributed by atoms with van der Waals surface area (Å²) in [6.07, 6.45) is 9.36. The first-order valence-electron chi connectivity index (χ1n) is 6.44. The molecular weight excluding hydrogens is 248 g/mol. The Kier molecular flexibility index (Phi) is 3.42. The summed E-state index contributed by atoms with van der Waals surface area (Å²) in [7, 11) is 0. The van der Waals surface area contributed by atoms with Crippen molar-refractivity contribution in [3.8, 4) is 0 Å². The van der Waals surface area contributed by atoms with Crippen molar-refractivity contribution in [1.82, 2.24) is 9.97 Å². The SMILES string of the molecule is Cc1ccc2oc(/C=C/C=C/c3ccccn3)nc2c1. The first-order chi connectivity index (χ1) is 9.81. The topological polar surface area (TPSA) is 38.9 Å². The average molecular weight is 262 g/mol. The lowest BCUT2D eigenvalue weighted by atomic mass is 10.2. The number of aromatic nitrogens is 2. The van der Waals surface area contributed by atoms with Crippen molar-refractivity contribution in [2.45, 2.75) is 6.92 Å². The second-order valence-corrected chi connectivity index (χ2v) is 4.50. The monoisotopic (exact) mass is 262 g/mol. The largest absolute Gasteiger partial charge is 0.437 e. The third-order valence-electron chi connectivity index (χ3n) is 2.86. The number of aryl methyl sites for hydroxylation is 1. The van der Waals surface area contributed by atoms with Gasteiger partial charge in [-0.15, -0.1) is 0 Å². The highest BCUT2D eigenvalue weighted by molar-refractivity contribution is 5.74. The van der Waals surface area contributed by atoms with Crippen LogP contribution in [0.25, 0.3) is 23.3 Å². The Hall–Kier alpha value is -2.68. The molecule has 0 aliphatic carbocycles. The van der Waals surface area contributed by atoms with Gasteiger partial charge in [0, 0.05) is 12.3 Å². The van der Waals surface area contributed by atoms with E-state index in [1.807, 2.05) is 67.6 Å². The number of allylic oxidation sites excluding steroid dienone is 2. The molecule has 0 unspecified atom stereocenters. The Morgan fingerprint density at radius 2 is 1.95 bits per heavy atom. The maximum atomic E-state index is 5.63. The van der Waals surface area contributed by atoms with Crippen LogP contribution in [0.3, 0.4) is 0 Å². The van der Waals surface area contributed by atoms with Gasteiger partial charge in [-0.3, -0.25) is 4.98 Å². The number of pyridine rings is 1. The number of fused-ring (bicyclic) bond motifs is 1. The molecule has 0 aliphatic rings. The Balaban J connectivity index is 1.76. The van der Waals surface area contributed by atoms with E-state index in [1.54, 1.807) is 6.20 Å². The molecule has 0 fully saturated rings. The van der Waals surface area contributed by atoms with Crippen LogP contribution in [0.4, 0.5) is 0 Å². The van der Waals surface area contributed by atoms with Crippen LogP contribution >= 0.6 is 0 Å². The summed E-state index contributed by atoms with van der Waals surface area (Å²) in [6.45, 7) is 2.04. The van der Waals surface area contributed by atoms with Crippen LogP contribution in [0.15, 0.2) is 59.2 Å². The molecule has 3 aromatic rings. The Labute approximate surface area is 117 Å². The molecule has 1 aromatic carbocycles. The number of oxazole rings is 1. The summed E-state index contributed by atoms with van der Waals surface area (Å²) >= 11 is 0. The van der Waals surface area contributed by atoms with Crippen molar-refractivity contribution in [3.63, 3.8) is 0 Å². The molecule has 2 aromatic heterocycles. The molecular formula is C17H14N2O. The zero-order valence-electron chi connectivity index (χ0n) is 11.2. The van der Waals surface area contributed by atoms with Crippen molar-refractivity contribution in [2.24, 2.45) is 0 Å². The highest BCUT2D eigenvalue weighted by Gasteiger charge is 2.01. The van der Waals surface area contributed by atoms with Crippen LogP contribution in [-0.2, 0) is 0 Å². The molecule has 3 rings (SSSR count). The Bertz CT molecular complexity index is 770. The summed E-state index contributed by atoms with van der Waals surface area (Å²) in [5, 5.41) is 0. The highest BCUT2D eigenvalue weighted by atomic mass is 16.3. The van der Waals surface area contributed by atoms with Gasteiger partial charge in [0.05, 0.1) is 5.69 Å². The minimum Gasteiger partial charge on any atom is -0.437 e. The molecule has 3 heteroatoms. The van der Waals surface area contributed by atoms with E-state index in [-0.39, 0.29) is 0 Å². The zero-order valence-corrected chi connectivity index (χ0v) is 11.2. The fraction of sp³-hybridized carbons (Fsp3) is 0.0588. The lowest BCUT2D eigenvalue weighted by Crippen LogP contribution is -1.75. The van der Waals surface area contributed by atoms with Gasteiger partial charge in [0.2, 0.25) is 5.89 Å². The Morgan fingerprint density at radius 1 is 1.05 bits per heavy atom. The van der Waals surface area contributed by atoms with E-state index in [0.717, 1.165) is 16.8 Å². The van der Waals surface area contributed by atoms with Crippen LogP contribution < -0.4 is 0 Å². The molecule has 0 bridgehead atoms. The molecule has 98 valence electrons. The van der Waals surface area contributed by atoms with Crippen LogP contribution in [0.2, 0.25) is 0 Å². The molecule has 0 atom stereocenters. The van der Waals surface area contributed by atoms with Crippen molar-refractivity contribution < 1.29 is 4.42 Å². The standard InChI is InChI=1S/C17H14N2O/c1-13-9-10-16-15(12-13)19-17(20-16)8-3-2-6-14-7-4-5-11-18-14/h2-12H,1H3/b6-2+,8-3+. The average Bonchev–Trinajstić information content (AvgIpc) is 2.86. The lowest BCUT2D eigenvalue weighted by molar-refractivity contribution is 0.589. The predicted octanol–water partition coefficient (Wildman–Crippen LogP) is 4.26. The van der Waals surface area contributed by atoms with Crippen molar-refractivity contribution in [3.05, 3.63) is 71.9 Å². The quantitative estimate of drug-likeness (QED) is 0.662. The molecule has 0 spiro atoms. The smallest absolute Gasteiger partial charge is 0.219 e. The normalized spacial score (nSPS) is 11.8. The fourth-order valence-electron chi connectivity index (χ4n) is 1.89. The van der Waals surface area contributed by atoms with Crippen LogP contribution in [0.1, 0.15) is 17.1 Å². The summed E-state index contributed by atoms with van der Waals surface area (Å²) in [5.74, 6) is 0.608. The van der Waals surface area contributed by atoms with Gasteiger partial charge in [-0.25, -0.2) is 4.98 Å². The van der Waals surface area contributed by atoms with Crippen molar-refractivity contribution >= 4 is 23.3 Å².